The predicted octanol–water partition coefficient (Wildman–Crippen LogP) is 2.91. The number of ether oxygens (including phenoxy) is 1. The van der Waals surface area contributed by atoms with Crippen LogP contribution >= 0.6 is 0 Å². The fraction of sp³-hybridized carbons (Fsp3) is 0.286. The fourth-order valence-electron chi connectivity index (χ4n) is 2.40. The highest BCUT2D eigenvalue weighted by atomic mass is 16.5. The smallest absolute Gasteiger partial charge is 0.328 e. The Morgan fingerprint density at radius 2 is 1.74 bits per heavy atom. The van der Waals surface area contributed by atoms with Crippen LogP contribution in [0, 0.1) is 20.8 Å². The predicted molar refractivity (Wildman–Crippen MR) is 104 cm³/mol. The molecule has 1 atom stereocenters. The van der Waals surface area contributed by atoms with Crippen LogP contribution < -0.4 is 10.6 Å². The van der Waals surface area contributed by atoms with E-state index in [1.54, 1.807) is 24.3 Å². The minimum Gasteiger partial charge on any atom is -0.454 e. The van der Waals surface area contributed by atoms with Gasteiger partial charge in [0, 0.05) is 11.3 Å². The van der Waals surface area contributed by atoms with E-state index >= 15 is 0 Å². The number of nitrogens with one attached hydrogen (secondary N) is 2. The van der Waals surface area contributed by atoms with Gasteiger partial charge in [-0.25, -0.2) is 4.79 Å². The molecule has 2 N–H and O–H groups in total. The zero-order chi connectivity index (χ0) is 20.0. The van der Waals surface area contributed by atoms with Crippen LogP contribution in [0.25, 0.3) is 0 Å². The maximum absolute atomic E-state index is 12.2. The number of rotatable bonds is 6. The second kappa shape index (κ2) is 8.98. The van der Waals surface area contributed by atoms with Gasteiger partial charge in [-0.1, -0.05) is 23.8 Å². The lowest BCUT2D eigenvalue weighted by molar-refractivity contribution is -0.148. The van der Waals surface area contributed by atoms with Crippen LogP contribution in [0.4, 0.5) is 5.69 Å². The maximum atomic E-state index is 12.2. The van der Waals surface area contributed by atoms with Gasteiger partial charge in [0.1, 0.15) is 6.04 Å². The van der Waals surface area contributed by atoms with Gasteiger partial charge < -0.3 is 15.4 Å². The summed E-state index contributed by atoms with van der Waals surface area (Å²) in [6, 6.07) is 11.7. The van der Waals surface area contributed by atoms with E-state index in [0.717, 1.165) is 16.7 Å². The van der Waals surface area contributed by atoms with Gasteiger partial charge >= 0.3 is 5.97 Å². The molecule has 27 heavy (non-hydrogen) atoms. The van der Waals surface area contributed by atoms with Crippen molar-refractivity contribution in [1.29, 1.82) is 0 Å². The molecule has 0 aromatic heterocycles. The van der Waals surface area contributed by atoms with Crippen LogP contribution in [0.5, 0.6) is 0 Å². The molecule has 142 valence electrons. The van der Waals surface area contributed by atoms with Crippen molar-refractivity contribution in [2.45, 2.75) is 33.7 Å². The number of carbonyl (C=O) groups is 3. The van der Waals surface area contributed by atoms with E-state index in [2.05, 4.69) is 10.6 Å². The highest BCUT2D eigenvalue weighted by Crippen LogP contribution is 2.14. The molecule has 2 aromatic carbocycles. The highest BCUT2D eigenvalue weighted by Gasteiger charge is 2.19. The van der Waals surface area contributed by atoms with Crippen LogP contribution in [0.1, 0.15) is 34.0 Å². The summed E-state index contributed by atoms with van der Waals surface area (Å²) in [5, 5.41) is 5.24. The lowest BCUT2D eigenvalue weighted by Crippen LogP contribution is -2.40. The minimum absolute atomic E-state index is 0.372. The molecule has 2 rings (SSSR count). The van der Waals surface area contributed by atoms with E-state index in [4.69, 9.17) is 4.74 Å². The molecule has 0 heterocycles. The van der Waals surface area contributed by atoms with E-state index in [0.29, 0.717) is 11.3 Å². The van der Waals surface area contributed by atoms with Crippen LogP contribution in [0.2, 0.25) is 0 Å². The molecule has 0 aliphatic rings. The molecule has 6 heteroatoms. The largest absolute Gasteiger partial charge is 0.454 e. The Morgan fingerprint density at radius 3 is 2.41 bits per heavy atom. The van der Waals surface area contributed by atoms with Gasteiger partial charge in [0.05, 0.1) is 0 Å². The molecule has 2 aromatic rings. The van der Waals surface area contributed by atoms with Crippen molar-refractivity contribution >= 4 is 23.5 Å². The van der Waals surface area contributed by atoms with Crippen LogP contribution in [0.15, 0.2) is 42.5 Å². The summed E-state index contributed by atoms with van der Waals surface area (Å²) in [6.07, 6.45) is 0. The zero-order valence-corrected chi connectivity index (χ0v) is 16.0. The van der Waals surface area contributed by atoms with Crippen molar-refractivity contribution in [2.75, 3.05) is 11.9 Å². The number of aryl methyl sites for hydroxylation is 3. The summed E-state index contributed by atoms with van der Waals surface area (Å²) < 4.78 is 4.99. The van der Waals surface area contributed by atoms with Crippen LogP contribution in [-0.4, -0.2) is 30.4 Å². The third kappa shape index (κ3) is 5.95. The van der Waals surface area contributed by atoms with Crippen molar-refractivity contribution in [2.24, 2.45) is 0 Å². The monoisotopic (exact) mass is 368 g/mol. The highest BCUT2D eigenvalue weighted by molar-refractivity contribution is 5.97. The number of benzene rings is 2. The Bertz CT molecular complexity index is 861. The molecule has 0 radical (unpaired) electrons. The summed E-state index contributed by atoms with van der Waals surface area (Å²) >= 11 is 0. The van der Waals surface area contributed by atoms with Crippen molar-refractivity contribution < 1.29 is 19.1 Å². The van der Waals surface area contributed by atoms with E-state index < -0.39 is 24.5 Å². The lowest BCUT2D eigenvalue weighted by Gasteiger charge is -2.14. The standard InChI is InChI=1S/C21H24N2O4/c1-13-6-5-7-17(10-13)20(25)22-16(4)21(26)27-12-19(24)23-18-9-8-14(2)15(3)11-18/h5-11,16H,12H2,1-4H3,(H,22,25)(H,23,24)/t16-/m0/s1. The first-order valence-electron chi connectivity index (χ1n) is 8.67. The number of esters is 1. The summed E-state index contributed by atoms with van der Waals surface area (Å²) in [5.41, 5.74) is 4.22. The van der Waals surface area contributed by atoms with Crippen molar-refractivity contribution in [3.8, 4) is 0 Å². The van der Waals surface area contributed by atoms with Crippen molar-refractivity contribution in [3.05, 3.63) is 64.7 Å². The SMILES string of the molecule is Cc1cccc(C(=O)N[C@@H](C)C(=O)OCC(=O)Nc2ccc(C)c(C)c2)c1. The van der Waals surface area contributed by atoms with Crippen molar-refractivity contribution in [1.82, 2.24) is 5.32 Å². The number of hydrogen-bond acceptors (Lipinski definition) is 4. The molecule has 6 nitrogen and oxygen atoms in total. The molecule has 0 bridgehead atoms. The summed E-state index contributed by atoms with van der Waals surface area (Å²) in [4.78, 5) is 36.1. The Labute approximate surface area is 158 Å². The first-order valence-corrected chi connectivity index (χ1v) is 8.67. The molecule has 2 amide bonds. The quantitative estimate of drug-likeness (QED) is 0.768. The molecule has 0 aliphatic heterocycles. The maximum Gasteiger partial charge on any atom is 0.328 e. The number of anilines is 1. The second-order valence-electron chi connectivity index (χ2n) is 6.52. The van der Waals surface area contributed by atoms with Crippen LogP contribution in [0.3, 0.4) is 0 Å². The minimum atomic E-state index is -0.868. The second-order valence-corrected chi connectivity index (χ2v) is 6.52. The summed E-state index contributed by atoms with van der Waals surface area (Å²) in [5.74, 6) is -1.49. The lowest BCUT2D eigenvalue weighted by atomic mass is 10.1. The summed E-state index contributed by atoms with van der Waals surface area (Å²) in [7, 11) is 0. The molecule has 0 aliphatic carbocycles. The summed E-state index contributed by atoms with van der Waals surface area (Å²) in [6.45, 7) is 6.90. The molecule has 0 saturated carbocycles. The van der Waals surface area contributed by atoms with Crippen LogP contribution in [-0.2, 0) is 14.3 Å². The number of carbonyl (C=O) groups excluding carboxylic acids is 3. The van der Waals surface area contributed by atoms with Gasteiger partial charge in [-0.3, -0.25) is 9.59 Å². The molecule has 0 fully saturated rings. The van der Waals surface area contributed by atoms with Gasteiger partial charge in [0.25, 0.3) is 11.8 Å². The third-order valence-electron chi connectivity index (χ3n) is 4.12. The van der Waals surface area contributed by atoms with E-state index in [-0.39, 0.29) is 5.91 Å². The van der Waals surface area contributed by atoms with Gasteiger partial charge in [-0.05, 0) is 63.1 Å². The van der Waals surface area contributed by atoms with Crippen molar-refractivity contribution in [3.63, 3.8) is 0 Å². The Hall–Kier alpha value is -3.15. The Balaban J connectivity index is 1.82. The van der Waals surface area contributed by atoms with Gasteiger partial charge in [-0.15, -0.1) is 0 Å². The molecule has 0 unspecified atom stereocenters. The first-order chi connectivity index (χ1) is 12.8. The Morgan fingerprint density at radius 1 is 1.00 bits per heavy atom. The number of amides is 2. The fourth-order valence-corrected chi connectivity index (χ4v) is 2.40. The van der Waals surface area contributed by atoms with E-state index in [9.17, 15) is 14.4 Å². The molecule has 0 saturated heterocycles. The zero-order valence-electron chi connectivity index (χ0n) is 16.0. The van der Waals surface area contributed by atoms with E-state index in [1.807, 2.05) is 39.0 Å². The molecular formula is C21H24N2O4. The molecule has 0 spiro atoms. The first kappa shape index (κ1) is 20.2. The van der Waals surface area contributed by atoms with Gasteiger partial charge in [0.2, 0.25) is 0 Å². The number of hydrogen-bond donors (Lipinski definition) is 2. The van der Waals surface area contributed by atoms with E-state index in [1.165, 1.54) is 6.92 Å². The normalized spacial score (nSPS) is 11.4. The molecular weight excluding hydrogens is 344 g/mol. The van der Waals surface area contributed by atoms with Gasteiger partial charge in [-0.2, -0.15) is 0 Å². The Kier molecular flexibility index (Phi) is 6.71. The topological polar surface area (TPSA) is 84.5 Å². The third-order valence-corrected chi connectivity index (χ3v) is 4.12. The average Bonchev–Trinajstić information content (AvgIpc) is 2.62. The van der Waals surface area contributed by atoms with Gasteiger partial charge in [0.15, 0.2) is 6.61 Å². The average molecular weight is 368 g/mol.